The fraction of sp³-hybridized carbons (Fsp3) is 0.242. The van der Waals surface area contributed by atoms with Gasteiger partial charge in [0.2, 0.25) is 0 Å². The van der Waals surface area contributed by atoms with Gasteiger partial charge in [0.05, 0.1) is 6.04 Å². The first-order valence-electron chi connectivity index (χ1n) is 13.1. The molecule has 0 bridgehead atoms. The number of rotatable bonds is 9. The van der Waals surface area contributed by atoms with E-state index in [0.29, 0.717) is 17.5 Å². The van der Waals surface area contributed by atoms with E-state index in [1.165, 1.54) is 0 Å². The van der Waals surface area contributed by atoms with Crippen LogP contribution in [0.3, 0.4) is 0 Å². The van der Waals surface area contributed by atoms with E-state index in [1.54, 1.807) is 0 Å². The third-order valence-corrected chi connectivity index (χ3v) is 6.25. The van der Waals surface area contributed by atoms with Crippen LogP contribution in [-0.2, 0) is 29.0 Å². The molecule has 6 nitrogen and oxygen atoms in total. The third kappa shape index (κ3) is 8.01. The molecule has 4 aromatic carbocycles. The maximum Gasteiger partial charge on any atom is 0.408 e. The van der Waals surface area contributed by atoms with Crippen LogP contribution in [0, 0.1) is 0 Å². The topological polar surface area (TPSA) is 84.5 Å². The van der Waals surface area contributed by atoms with Gasteiger partial charge in [-0.1, -0.05) is 84.9 Å². The highest BCUT2D eigenvalue weighted by atomic mass is 16.5. The minimum atomic E-state index is -0.833. The lowest BCUT2D eigenvalue weighted by atomic mass is 9.92. The van der Waals surface area contributed by atoms with E-state index >= 15 is 0 Å². The average Bonchev–Trinajstić information content (AvgIpc) is 2.91. The minimum absolute atomic E-state index is 0.0196. The number of fused-ring (bicyclic) bond motifs is 1. The summed E-state index contributed by atoms with van der Waals surface area (Å²) in [6, 6.07) is 29.5. The number of carbonyl (C=O) groups excluding carboxylic acids is 3. The van der Waals surface area contributed by atoms with Crippen molar-refractivity contribution in [3.63, 3.8) is 0 Å². The molecule has 6 heteroatoms. The number of Topliss-reactive ketones (excluding diaryl/α,β-unsaturated/α-hetero) is 1. The van der Waals surface area contributed by atoms with Crippen molar-refractivity contribution < 1.29 is 19.1 Å². The summed E-state index contributed by atoms with van der Waals surface area (Å²) in [4.78, 5) is 39.7. The van der Waals surface area contributed by atoms with Crippen LogP contribution in [0.2, 0.25) is 0 Å². The molecule has 0 aliphatic heterocycles. The Morgan fingerprint density at radius 2 is 1.33 bits per heavy atom. The quantitative estimate of drug-likeness (QED) is 0.282. The lowest BCUT2D eigenvalue weighted by molar-refractivity contribution is -0.120. The van der Waals surface area contributed by atoms with Gasteiger partial charge in [0.1, 0.15) is 6.61 Å². The second-order valence-electron chi connectivity index (χ2n) is 10.7. The summed E-state index contributed by atoms with van der Waals surface area (Å²) in [5, 5.41) is 7.62. The number of amides is 2. The molecule has 2 amide bonds. The highest BCUT2D eigenvalue weighted by Crippen LogP contribution is 2.22. The Bertz CT molecular complexity index is 1440. The monoisotopic (exact) mass is 522 g/mol. The number of carbonyl (C=O) groups is 3. The van der Waals surface area contributed by atoms with E-state index < -0.39 is 17.7 Å². The lowest BCUT2D eigenvalue weighted by Gasteiger charge is -2.22. The maximum absolute atomic E-state index is 13.7. The Morgan fingerprint density at radius 3 is 1.95 bits per heavy atom. The van der Waals surface area contributed by atoms with Crippen molar-refractivity contribution in [1.29, 1.82) is 0 Å². The zero-order chi connectivity index (χ0) is 27.8. The number of alkyl carbamates (subject to hydrolysis) is 1. The average molecular weight is 523 g/mol. The summed E-state index contributed by atoms with van der Waals surface area (Å²) >= 11 is 0. The first kappa shape index (κ1) is 27.6. The molecule has 4 rings (SSSR count). The van der Waals surface area contributed by atoms with E-state index in [0.717, 1.165) is 21.9 Å². The van der Waals surface area contributed by atoms with Gasteiger partial charge in [0.15, 0.2) is 5.78 Å². The van der Waals surface area contributed by atoms with Crippen molar-refractivity contribution in [2.75, 3.05) is 0 Å². The number of ketones is 1. The van der Waals surface area contributed by atoms with Crippen LogP contribution < -0.4 is 10.6 Å². The van der Waals surface area contributed by atoms with Crippen molar-refractivity contribution in [3.05, 3.63) is 119 Å². The SMILES string of the molecule is CC(C)(C)NC(=O)c1cc2ccccc2cc1CC(=O)[C@H](Cc1ccccc1)NC(=O)OCc1ccccc1. The van der Waals surface area contributed by atoms with Gasteiger partial charge >= 0.3 is 6.09 Å². The van der Waals surface area contributed by atoms with Crippen molar-refractivity contribution in [2.24, 2.45) is 0 Å². The van der Waals surface area contributed by atoms with E-state index in [4.69, 9.17) is 4.74 Å². The Morgan fingerprint density at radius 1 is 0.769 bits per heavy atom. The number of hydrogen-bond donors (Lipinski definition) is 2. The molecule has 1 atom stereocenters. The van der Waals surface area contributed by atoms with Gasteiger partial charge in [-0.15, -0.1) is 0 Å². The first-order valence-corrected chi connectivity index (χ1v) is 13.1. The number of ether oxygens (including phenoxy) is 1. The zero-order valence-electron chi connectivity index (χ0n) is 22.6. The molecule has 0 unspecified atom stereocenters. The lowest BCUT2D eigenvalue weighted by Crippen LogP contribution is -2.44. The molecule has 0 saturated heterocycles. The summed E-state index contributed by atoms with van der Waals surface area (Å²) in [6.07, 6.45) is -0.386. The predicted molar refractivity (Wildman–Crippen MR) is 154 cm³/mol. The van der Waals surface area contributed by atoms with Gasteiger partial charge in [0, 0.05) is 17.5 Å². The normalized spacial score (nSPS) is 12.0. The van der Waals surface area contributed by atoms with Crippen molar-refractivity contribution in [2.45, 2.75) is 51.8 Å². The Balaban J connectivity index is 1.59. The molecule has 200 valence electrons. The first-order chi connectivity index (χ1) is 18.7. The molecule has 2 N–H and O–H groups in total. The van der Waals surface area contributed by atoms with Crippen molar-refractivity contribution >= 4 is 28.6 Å². The Kier molecular flexibility index (Phi) is 8.77. The number of hydrogen-bond acceptors (Lipinski definition) is 4. The molecule has 0 saturated carbocycles. The van der Waals surface area contributed by atoms with Gasteiger partial charge in [-0.05, 0) is 66.8 Å². The molecule has 0 aromatic heterocycles. The Labute approximate surface area is 229 Å². The zero-order valence-corrected chi connectivity index (χ0v) is 22.6. The summed E-state index contributed by atoms with van der Waals surface area (Å²) in [5.74, 6) is -0.457. The van der Waals surface area contributed by atoms with Crippen LogP contribution in [-0.4, -0.2) is 29.4 Å². The van der Waals surface area contributed by atoms with Gasteiger partial charge in [-0.2, -0.15) is 0 Å². The second kappa shape index (κ2) is 12.4. The van der Waals surface area contributed by atoms with Gasteiger partial charge in [-0.25, -0.2) is 4.79 Å². The molecule has 39 heavy (non-hydrogen) atoms. The molecule has 0 aliphatic rings. The van der Waals surface area contributed by atoms with E-state index in [-0.39, 0.29) is 24.7 Å². The van der Waals surface area contributed by atoms with Crippen LogP contribution in [0.1, 0.15) is 47.8 Å². The van der Waals surface area contributed by atoms with Crippen molar-refractivity contribution in [1.82, 2.24) is 10.6 Å². The summed E-state index contributed by atoms with van der Waals surface area (Å²) in [7, 11) is 0. The molecule has 0 fully saturated rings. The fourth-order valence-electron chi connectivity index (χ4n) is 4.37. The van der Waals surface area contributed by atoms with Gasteiger partial charge in [0.25, 0.3) is 5.91 Å². The minimum Gasteiger partial charge on any atom is -0.445 e. The molecule has 4 aromatic rings. The standard InChI is InChI=1S/C33H34N2O4/c1-33(2,3)35-31(37)28-20-26-17-11-10-16-25(26)19-27(28)21-30(36)29(18-23-12-6-4-7-13-23)34-32(38)39-22-24-14-8-5-9-15-24/h4-17,19-20,29H,18,21-22H2,1-3H3,(H,34,38)(H,35,37)/t29-/m0/s1. The van der Waals surface area contributed by atoms with E-state index in [9.17, 15) is 14.4 Å². The largest absolute Gasteiger partial charge is 0.445 e. The molecule has 0 heterocycles. The molecular formula is C33H34N2O4. The summed E-state index contributed by atoms with van der Waals surface area (Å²) < 4.78 is 5.40. The van der Waals surface area contributed by atoms with Crippen LogP contribution in [0.5, 0.6) is 0 Å². The van der Waals surface area contributed by atoms with Crippen LogP contribution in [0.4, 0.5) is 4.79 Å². The van der Waals surface area contributed by atoms with Crippen LogP contribution in [0.15, 0.2) is 97.1 Å². The fourth-order valence-corrected chi connectivity index (χ4v) is 4.37. The molecule has 0 radical (unpaired) electrons. The highest BCUT2D eigenvalue weighted by Gasteiger charge is 2.25. The van der Waals surface area contributed by atoms with Crippen molar-refractivity contribution in [3.8, 4) is 0 Å². The predicted octanol–water partition coefficient (Wildman–Crippen LogP) is 6.02. The van der Waals surface area contributed by atoms with Crippen LogP contribution in [0.25, 0.3) is 10.8 Å². The molecule has 0 aliphatic carbocycles. The smallest absolute Gasteiger partial charge is 0.408 e. The van der Waals surface area contributed by atoms with Gasteiger partial charge in [-0.3, -0.25) is 9.59 Å². The Hall–Kier alpha value is -4.45. The van der Waals surface area contributed by atoms with E-state index in [2.05, 4.69) is 10.6 Å². The van der Waals surface area contributed by atoms with Gasteiger partial charge < -0.3 is 15.4 Å². The number of benzene rings is 4. The molecular weight excluding hydrogens is 488 g/mol. The van der Waals surface area contributed by atoms with Crippen LogP contribution >= 0.6 is 0 Å². The summed E-state index contributed by atoms with van der Waals surface area (Å²) in [6.45, 7) is 5.84. The number of nitrogens with one attached hydrogen (secondary N) is 2. The summed E-state index contributed by atoms with van der Waals surface area (Å²) in [5.41, 5.74) is 2.37. The highest BCUT2D eigenvalue weighted by molar-refractivity contribution is 6.02. The molecule has 0 spiro atoms. The second-order valence-corrected chi connectivity index (χ2v) is 10.7. The third-order valence-electron chi connectivity index (χ3n) is 6.25. The maximum atomic E-state index is 13.7. The van der Waals surface area contributed by atoms with E-state index in [1.807, 2.05) is 118 Å².